The maximum atomic E-state index is 14.2. The lowest BCUT2D eigenvalue weighted by Gasteiger charge is -2.40. The lowest BCUT2D eigenvalue weighted by molar-refractivity contribution is -0.760. The van der Waals surface area contributed by atoms with Crippen LogP contribution in [-0.4, -0.2) is 42.3 Å². The molecule has 8 nitrogen and oxygen atoms in total. The number of hydrogen-bond acceptors (Lipinski definition) is 7. The molecule has 1 aliphatic rings. The quantitative estimate of drug-likeness (QED) is 0.248. The number of halogens is 4. The van der Waals surface area contributed by atoms with Gasteiger partial charge in [0.15, 0.2) is 6.10 Å². The van der Waals surface area contributed by atoms with E-state index in [9.17, 15) is 28.1 Å². The highest BCUT2D eigenvalue weighted by molar-refractivity contribution is 6.31. The Bertz CT molecular complexity index is 972. The Morgan fingerprint density at radius 1 is 1.21 bits per heavy atom. The zero-order valence-electron chi connectivity index (χ0n) is 19.6. The number of carbonyl (C=O) groups excluding carboxylic acids is 1. The van der Waals surface area contributed by atoms with Gasteiger partial charge in [-0.15, -0.1) is 10.1 Å². The van der Waals surface area contributed by atoms with Crippen molar-refractivity contribution < 1.29 is 42.1 Å². The molecule has 0 spiro atoms. The summed E-state index contributed by atoms with van der Waals surface area (Å²) >= 11 is 6.31. The van der Waals surface area contributed by atoms with Gasteiger partial charge in [-0.2, -0.15) is 13.2 Å². The van der Waals surface area contributed by atoms with Gasteiger partial charge in [0.1, 0.15) is 19.0 Å². The van der Waals surface area contributed by atoms with Crippen LogP contribution in [0.15, 0.2) is 18.2 Å². The summed E-state index contributed by atoms with van der Waals surface area (Å²) in [7, 11) is 0. The summed E-state index contributed by atoms with van der Waals surface area (Å²) in [6, 6.07) is 2.97. The van der Waals surface area contributed by atoms with E-state index >= 15 is 0 Å². The molecular weight excluding hydrogens is 483 g/mol. The van der Waals surface area contributed by atoms with E-state index in [1.807, 2.05) is 20.8 Å². The number of ether oxygens (including phenoxy) is 3. The summed E-state index contributed by atoms with van der Waals surface area (Å²) < 4.78 is 58.0. The van der Waals surface area contributed by atoms with E-state index in [4.69, 9.17) is 25.8 Å². The number of fused-ring (bicyclic) bond motifs is 1. The standard InChI is InChI=1S/C22H27ClF3NO7/c1-13(33-18(28)31-11-20(5,6)12-32-27(29)30)21(22(24,25)26)8-7-14-9-16(23)15(19(2,3)4)10-17(14)34-21/h7-10,13H,11-12H2,1-6H3/t13?,21-/m0/s1. The Hall–Kier alpha value is -2.69. The maximum Gasteiger partial charge on any atom is 0.508 e. The Balaban J connectivity index is 2.24. The summed E-state index contributed by atoms with van der Waals surface area (Å²) in [5.41, 5.74) is -3.49. The van der Waals surface area contributed by atoms with Crippen molar-refractivity contribution in [3.8, 4) is 5.75 Å². The van der Waals surface area contributed by atoms with Gasteiger partial charge in [0.05, 0.1) is 0 Å². The van der Waals surface area contributed by atoms with Crippen LogP contribution in [0, 0.1) is 15.5 Å². The fourth-order valence-corrected chi connectivity index (χ4v) is 3.64. The van der Waals surface area contributed by atoms with E-state index in [0.29, 0.717) is 16.1 Å². The summed E-state index contributed by atoms with van der Waals surface area (Å²) in [6.45, 7) is 8.84. The van der Waals surface area contributed by atoms with Crippen LogP contribution in [0.1, 0.15) is 52.7 Å². The van der Waals surface area contributed by atoms with E-state index in [1.54, 1.807) is 0 Å². The van der Waals surface area contributed by atoms with Crippen LogP contribution in [0.25, 0.3) is 6.08 Å². The summed E-state index contributed by atoms with van der Waals surface area (Å²) in [5.74, 6) is -0.0592. The minimum absolute atomic E-state index is 0.0592. The fraction of sp³-hybridized carbons (Fsp3) is 0.591. The molecule has 34 heavy (non-hydrogen) atoms. The molecule has 1 aromatic rings. The number of benzene rings is 1. The highest BCUT2D eigenvalue weighted by Gasteiger charge is 2.62. The lowest BCUT2D eigenvalue weighted by Crippen LogP contribution is -2.58. The SMILES string of the molecule is CC(OC(=O)OCC(C)(C)CO[N+](=O)[O-])[C@]1(C(F)(F)F)C=Cc2cc(Cl)c(C(C)(C)C)cc2O1. The van der Waals surface area contributed by atoms with Crippen LogP contribution in [0.3, 0.4) is 0 Å². The van der Waals surface area contributed by atoms with Crippen molar-refractivity contribution in [1.29, 1.82) is 0 Å². The van der Waals surface area contributed by atoms with Gasteiger partial charge in [0.2, 0.25) is 0 Å². The van der Waals surface area contributed by atoms with Crippen molar-refractivity contribution in [2.75, 3.05) is 13.2 Å². The molecule has 1 heterocycles. The average Bonchev–Trinajstić information content (AvgIpc) is 2.68. The van der Waals surface area contributed by atoms with Crippen LogP contribution in [0.2, 0.25) is 5.02 Å². The molecule has 0 amide bonds. The number of hydrogen-bond donors (Lipinski definition) is 0. The van der Waals surface area contributed by atoms with Crippen molar-refractivity contribution >= 4 is 23.8 Å². The first-order chi connectivity index (χ1) is 15.4. The molecule has 1 aliphatic heterocycles. The van der Waals surface area contributed by atoms with Gasteiger partial charge in [-0.05, 0) is 36.1 Å². The smallest absolute Gasteiger partial charge is 0.469 e. The third-order valence-electron chi connectivity index (χ3n) is 5.16. The number of nitrogens with zero attached hydrogens (tertiary/aromatic N) is 1. The van der Waals surface area contributed by atoms with E-state index in [-0.39, 0.29) is 5.75 Å². The number of rotatable bonds is 7. The maximum absolute atomic E-state index is 14.2. The predicted molar refractivity (Wildman–Crippen MR) is 117 cm³/mol. The van der Waals surface area contributed by atoms with Crippen LogP contribution in [0.5, 0.6) is 5.75 Å². The third kappa shape index (κ3) is 6.25. The van der Waals surface area contributed by atoms with E-state index in [0.717, 1.165) is 13.0 Å². The molecular formula is C22H27ClF3NO7. The normalized spacial score (nSPS) is 19.0. The average molecular weight is 510 g/mol. The molecule has 0 fully saturated rings. The van der Waals surface area contributed by atoms with Gasteiger partial charge in [0.25, 0.3) is 10.7 Å². The third-order valence-corrected chi connectivity index (χ3v) is 5.47. The van der Waals surface area contributed by atoms with Crippen LogP contribution in [0.4, 0.5) is 18.0 Å². The van der Waals surface area contributed by atoms with Crippen molar-refractivity contribution in [3.05, 3.63) is 44.5 Å². The molecule has 12 heteroatoms. The van der Waals surface area contributed by atoms with Crippen molar-refractivity contribution in [2.24, 2.45) is 5.41 Å². The highest BCUT2D eigenvalue weighted by atomic mass is 35.5. The molecule has 0 bridgehead atoms. The zero-order valence-corrected chi connectivity index (χ0v) is 20.4. The second-order valence-corrected chi connectivity index (χ2v) is 10.2. The molecule has 2 atom stereocenters. The molecule has 0 saturated carbocycles. The Morgan fingerprint density at radius 2 is 1.82 bits per heavy atom. The first-order valence-corrected chi connectivity index (χ1v) is 10.7. The Kier molecular flexibility index (Phi) is 7.71. The Labute approximate surface area is 200 Å². The molecule has 0 saturated heterocycles. The first kappa shape index (κ1) is 27.6. The topological polar surface area (TPSA) is 97.1 Å². The van der Waals surface area contributed by atoms with E-state index < -0.39 is 53.2 Å². The monoisotopic (exact) mass is 509 g/mol. The minimum Gasteiger partial charge on any atom is -0.469 e. The van der Waals surface area contributed by atoms with Crippen molar-refractivity contribution in [1.82, 2.24) is 0 Å². The minimum atomic E-state index is -4.96. The molecule has 0 N–H and O–H groups in total. The second-order valence-electron chi connectivity index (χ2n) is 9.81. The summed E-state index contributed by atoms with van der Waals surface area (Å²) in [5, 5.41) is 9.72. The molecule has 1 aromatic carbocycles. The van der Waals surface area contributed by atoms with Gasteiger partial charge in [-0.3, -0.25) is 0 Å². The zero-order chi connectivity index (χ0) is 26.1. The van der Waals surface area contributed by atoms with Crippen LogP contribution >= 0.6 is 11.6 Å². The van der Waals surface area contributed by atoms with Crippen molar-refractivity contribution in [3.63, 3.8) is 0 Å². The number of alkyl halides is 3. The second kappa shape index (κ2) is 9.52. The molecule has 0 aliphatic carbocycles. The molecule has 1 unspecified atom stereocenters. The number of carbonyl (C=O) groups is 1. The first-order valence-electron chi connectivity index (χ1n) is 10.3. The summed E-state index contributed by atoms with van der Waals surface area (Å²) in [6.07, 6.45) is -6.19. The van der Waals surface area contributed by atoms with Crippen LogP contribution in [-0.2, 0) is 19.7 Å². The van der Waals surface area contributed by atoms with Gasteiger partial charge in [0, 0.05) is 16.0 Å². The van der Waals surface area contributed by atoms with E-state index in [1.165, 1.54) is 32.1 Å². The molecule has 2 rings (SSSR count). The van der Waals surface area contributed by atoms with Gasteiger partial charge in [-0.1, -0.05) is 52.3 Å². The van der Waals surface area contributed by atoms with Gasteiger partial charge in [-0.25, -0.2) is 4.79 Å². The lowest BCUT2D eigenvalue weighted by atomic mass is 9.85. The highest BCUT2D eigenvalue weighted by Crippen LogP contribution is 2.46. The largest absolute Gasteiger partial charge is 0.508 e. The van der Waals surface area contributed by atoms with Gasteiger partial charge >= 0.3 is 12.3 Å². The molecule has 0 aromatic heterocycles. The molecule has 0 radical (unpaired) electrons. The fourth-order valence-electron chi connectivity index (χ4n) is 3.18. The predicted octanol–water partition coefficient (Wildman–Crippen LogP) is 6.12. The van der Waals surface area contributed by atoms with Gasteiger partial charge < -0.3 is 19.0 Å². The molecule has 190 valence electrons. The van der Waals surface area contributed by atoms with Crippen LogP contribution < -0.4 is 4.74 Å². The van der Waals surface area contributed by atoms with E-state index in [2.05, 4.69) is 4.84 Å². The summed E-state index contributed by atoms with van der Waals surface area (Å²) in [4.78, 5) is 26.7. The Morgan fingerprint density at radius 3 is 2.35 bits per heavy atom. The van der Waals surface area contributed by atoms with Crippen molar-refractivity contribution in [2.45, 2.75) is 64.8 Å².